The van der Waals surface area contributed by atoms with E-state index >= 15 is 0 Å². The molecule has 0 aliphatic carbocycles. The second kappa shape index (κ2) is 5.91. The third-order valence-corrected chi connectivity index (χ3v) is 4.53. The molecule has 118 valence electrons. The number of hydrogen-bond donors (Lipinski definition) is 1. The van der Waals surface area contributed by atoms with E-state index in [0.29, 0.717) is 32.5 Å². The van der Waals surface area contributed by atoms with Gasteiger partial charge in [0.15, 0.2) is 0 Å². The predicted molar refractivity (Wildman–Crippen MR) is 75.8 cm³/mol. The number of amides is 3. The van der Waals surface area contributed by atoms with E-state index in [1.807, 2.05) is 6.92 Å². The fourth-order valence-electron chi connectivity index (χ4n) is 3.12. The summed E-state index contributed by atoms with van der Waals surface area (Å²) >= 11 is 0. The number of nitrogens with zero attached hydrogens (tertiary/aromatic N) is 3. The Morgan fingerprint density at radius 1 is 1.24 bits per heavy atom. The van der Waals surface area contributed by atoms with Crippen LogP contribution >= 0.6 is 0 Å². The molecule has 21 heavy (non-hydrogen) atoms. The topological polar surface area (TPSA) is 81.2 Å². The van der Waals surface area contributed by atoms with Gasteiger partial charge in [0.25, 0.3) is 0 Å². The summed E-state index contributed by atoms with van der Waals surface area (Å²) in [5.41, 5.74) is -0.818. The maximum Gasteiger partial charge on any atom is 0.320 e. The van der Waals surface area contributed by atoms with Crippen LogP contribution in [0.25, 0.3) is 0 Å². The van der Waals surface area contributed by atoms with Crippen LogP contribution in [0.4, 0.5) is 4.79 Å². The Morgan fingerprint density at radius 3 is 2.52 bits per heavy atom. The van der Waals surface area contributed by atoms with Crippen LogP contribution < -0.4 is 0 Å². The number of likely N-dealkylation sites (tertiary alicyclic amines) is 1. The van der Waals surface area contributed by atoms with E-state index in [1.54, 1.807) is 16.8 Å². The van der Waals surface area contributed by atoms with Gasteiger partial charge in [0.2, 0.25) is 5.91 Å². The molecule has 0 saturated carbocycles. The molecule has 2 heterocycles. The second-order valence-electron chi connectivity index (χ2n) is 6.03. The highest BCUT2D eigenvalue weighted by molar-refractivity contribution is 5.86. The van der Waals surface area contributed by atoms with Crippen LogP contribution in [0.15, 0.2) is 0 Å². The predicted octanol–water partition coefficient (Wildman–Crippen LogP) is 0.457. The lowest BCUT2D eigenvalue weighted by molar-refractivity contribution is -0.148. The lowest BCUT2D eigenvalue weighted by atomic mass is 9.83. The Kier molecular flexibility index (Phi) is 4.39. The first-order chi connectivity index (χ1) is 9.89. The lowest BCUT2D eigenvalue weighted by Crippen LogP contribution is -2.54. The Hall–Kier alpha value is -1.79. The van der Waals surface area contributed by atoms with Gasteiger partial charge in [-0.2, -0.15) is 0 Å². The van der Waals surface area contributed by atoms with Crippen molar-refractivity contribution in [3.05, 3.63) is 0 Å². The van der Waals surface area contributed by atoms with Crippen LogP contribution in [0, 0.1) is 5.41 Å². The largest absolute Gasteiger partial charge is 0.481 e. The molecule has 0 aromatic heterocycles. The number of aliphatic carboxylic acids is 1. The highest BCUT2D eigenvalue weighted by atomic mass is 16.4. The third kappa shape index (κ3) is 2.96. The van der Waals surface area contributed by atoms with Gasteiger partial charge in [0.05, 0.1) is 5.41 Å². The molecule has 2 fully saturated rings. The summed E-state index contributed by atoms with van der Waals surface area (Å²) in [6.07, 6.45) is 1.85. The van der Waals surface area contributed by atoms with Gasteiger partial charge in [-0.1, -0.05) is 13.3 Å². The summed E-state index contributed by atoms with van der Waals surface area (Å²) in [5, 5.41) is 9.47. The molecule has 1 atom stereocenters. The van der Waals surface area contributed by atoms with Gasteiger partial charge in [-0.25, -0.2) is 4.79 Å². The Balaban J connectivity index is 2.02. The molecule has 2 rings (SSSR count). The van der Waals surface area contributed by atoms with Crippen molar-refractivity contribution < 1.29 is 19.5 Å². The minimum atomic E-state index is -0.825. The van der Waals surface area contributed by atoms with Crippen molar-refractivity contribution in [3.63, 3.8) is 0 Å². The van der Waals surface area contributed by atoms with Crippen molar-refractivity contribution in [1.82, 2.24) is 14.7 Å². The number of carbonyl (C=O) groups excluding carboxylic acids is 2. The number of piperazine rings is 1. The van der Waals surface area contributed by atoms with E-state index < -0.39 is 11.4 Å². The van der Waals surface area contributed by atoms with Crippen molar-refractivity contribution in [1.29, 1.82) is 0 Å². The lowest BCUT2D eigenvalue weighted by Gasteiger charge is -2.35. The SMILES string of the molecule is CCCC1(C(=O)O)CCN(C(=O)N2CCN(C)C(=O)C2)C1. The number of rotatable bonds is 3. The molecule has 7 heteroatoms. The van der Waals surface area contributed by atoms with Crippen molar-refractivity contribution >= 4 is 17.9 Å². The summed E-state index contributed by atoms with van der Waals surface area (Å²) in [5.74, 6) is -0.902. The average Bonchev–Trinajstić information content (AvgIpc) is 2.87. The van der Waals surface area contributed by atoms with Gasteiger partial charge in [-0.15, -0.1) is 0 Å². The number of likely N-dealkylation sites (N-methyl/N-ethyl adjacent to an activating group) is 1. The summed E-state index contributed by atoms with van der Waals surface area (Å²) < 4.78 is 0. The first kappa shape index (κ1) is 15.6. The molecule has 3 amide bonds. The smallest absolute Gasteiger partial charge is 0.320 e. The van der Waals surface area contributed by atoms with E-state index in [9.17, 15) is 19.5 Å². The van der Waals surface area contributed by atoms with Crippen LogP contribution in [0.3, 0.4) is 0 Å². The van der Waals surface area contributed by atoms with Crippen molar-refractivity contribution in [2.75, 3.05) is 39.8 Å². The van der Waals surface area contributed by atoms with Gasteiger partial charge < -0.3 is 19.8 Å². The Labute approximate surface area is 124 Å². The highest BCUT2D eigenvalue weighted by Crippen LogP contribution is 2.36. The van der Waals surface area contributed by atoms with E-state index in [4.69, 9.17) is 0 Å². The number of urea groups is 1. The highest BCUT2D eigenvalue weighted by Gasteiger charge is 2.46. The molecule has 2 aliphatic heterocycles. The maximum atomic E-state index is 12.5. The van der Waals surface area contributed by atoms with E-state index in [-0.39, 0.29) is 25.0 Å². The van der Waals surface area contributed by atoms with Crippen molar-refractivity contribution in [3.8, 4) is 0 Å². The zero-order chi connectivity index (χ0) is 15.6. The first-order valence-corrected chi connectivity index (χ1v) is 7.41. The average molecular weight is 297 g/mol. The Morgan fingerprint density at radius 2 is 1.95 bits per heavy atom. The molecule has 7 nitrogen and oxygen atoms in total. The molecule has 0 bridgehead atoms. The molecule has 0 spiro atoms. The van der Waals surface area contributed by atoms with Crippen molar-refractivity contribution in [2.45, 2.75) is 26.2 Å². The third-order valence-electron chi connectivity index (χ3n) is 4.53. The fraction of sp³-hybridized carbons (Fsp3) is 0.786. The van der Waals surface area contributed by atoms with Gasteiger partial charge >= 0.3 is 12.0 Å². The van der Waals surface area contributed by atoms with Crippen LogP contribution in [0.5, 0.6) is 0 Å². The zero-order valence-corrected chi connectivity index (χ0v) is 12.7. The standard InChI is InChI=1S/C14H23N3O4/c1-3-4-14(12(19)20)5-6-17(10-14)13(21)16-8-7-15(2)11(18)9-16/h3-10H2,1-2H3,(H,19,20). The summed E-state index contributed by atoms with van der Waals surface area (Å²) in [6, 6.07) is -0.212. The van der Waals surface area contributed by atoms with Crippen molar-refractivity contribution in [2.24, 2.45) is 5.41 Å². The summed E-state index contributed by atoms with van der Waals surface area (Å²) in [6.45, 7) is 3.76. The molecule has 2 aliphatic rings. The second-order valence-corrected chi connectivity index (χ2v) is 6.03. The van der Waals surface area contributed by atoms with Gasteiger partial charge in [0.1, 0.15) is 6.54 Å². The number of carboxylic acid groups (broad SMARTS) is 1. The minimum Gasteiger partial charge on any atom is -0.481 e. The molecule has 1 N–H and O–H groups in total. The first-order valence-electron chi connectivity index (χ1n) is 7.41. The molecule has 0 radical (unpaired) electrons. The number of carboxylic acids is 1. The Bertz CT molecular complexity index is 454. The molecule has 1 unspecified atom stereocenters. The fourth-order valence-corrected chi connectivity index (χ4v) is 3.12. The molecular weight excluding hydrogens is 274 g/mol. The maximum absolute atomic E-state index is 12.5. The van der Waals surface area contributed by atoms with Gasteiger partial charge in [-0.05, 0) is 12.8 Å². The number of hydrogen-bond acceptors (Lipinski definition) is 3. The molecule has 0 aromatic carbocycles. The van der Waals surface area contributed by atoms with E-state index in [2.05, 4.69) is 0 Å². The summed E-state index contributed by atoms with van der Waals surface area (Å²) in [4.78, 5) is 40.4. The summed E-state index contributed by atoms with van der Waals surface area (Å²) in [7, 11) is 1.72. The number of carbonyl (C=O) groups is 3. The zero-order valence-electron chi connectivity index (χ0n) is 12.7. The molecule has 0 aromatic rings. The van der Waals surface area contributed by atoms with Gasteiger partial charge in [0, 0.05) is 33.2 Å². The van der Waals surface area contributed by atoms with E-state index in [1.165, 1.54) is 4.90 Å². The van der Waals surface area contributed by atoms with Crippen LogP contribution in [-0.4, -0.2) is 77.5 Å². The van der Waals surface area contributed by atoms with Crippen LogP contribution in [0.2, 0.25) is 0 Å². The van der Waals surface area contributed by atoms with Gasteiger partial charge in [-0.3, -0.25) is 9.59 Å². The molecule has 2 saturated heterocycles. The van der Waals surface area contributed by atoms with E-state index in [0.717, 1.165) is 6.42 Å². The monoisotopic (exact) mass is 297 g/mol. The minimum absolute atomic E-state index is 0.0770. The van der Waals surface area contributed by atoms with Crippen LogP contribution in [0.1, 0.15) is 26.2 Å². The van der Waals surface area contributed by atoms with Crippen LogP contribution in [-0.2, 0) is 9.59 Å². The normalized spacial score (nSPS) is 26.4. The quantitative estimate of drug-likeness (QED) is 0.820. The molecular formula is C14H23N3O4.